The fourth-order valence-electron chi connectivity index (χ4n) is 2.36. The van der Waals surface area contributed by atoms with Crippen LogP contribution in [0.15, 0.2) is 12.2 Å². The van der Waals surface area contributed by atoms with Crippen molar-refractivity contribution in [1.82, 2.24) is 5.32 Å². The Kier molecular flexibility index (Phi) is 5.49. The van der Waals surface area contributed by atoms with Crippen LogP contribution in [-0.2, 0) is 9.84 Å². The Balaban J connectivity index is 2.48. The van der Waals surface area contributed by atoms with Gasteiger partial charge in [-0.3, -0.25) is 0 Å². The van der Waals surface area contributed by atoms with E-state index in [1.165, 1.54) is 6.26 Å². The van der Waals surface area contributed by atoms with Crippen molar-refractivity contribution in [2.24, 2.45) is 0 Å². The van der Waals surface area contributed by atoms with Gasteiger partial charge in [0.2, 0.25) is 0 Å². The van der Waals surface area contributed by atoms with Crippen molar-refractivity contribution in [2.45, 2.75) is 50.3 Å². The predicted octanol–water partition coefficient (Wildman–Crippen LogP) is 1.90. The van der Waals surface area contributed by atoms with Crippen molar-refractivity contribution in [2.75, 3.05) is 12.8 Å². The van der Waals surface area contributed by atoms with E-state index in [0.29, 0.717) is 0 Å². The number of hydrogen-bond acceptors (Lipinski definition) is 3. The molecule has 0 heterocycles. The molecule has 0 saturated heterocycles. The van der Waals surface area contributed by atoms with Crippen molar-refractivity contribution in [3.8, 4) is 0 Å². The molecule has 0 aromatic carbocycles. The van der Waals surface area contributed by atoms with Gasteiger partial charge >= 0.3 is 0 Å². The third-order valence-corrected chi connectivity index (χ3v) is 4.87. The van der Waals surface area contributed by atoms with Gasteiger partial charge in [0, 0.05) is 12.3 Å². The first kappa shape index (κ1) is 13.7. The number of sulfone groups is 1. The molecule has 1 aliphatic carbocycles. The van der Waals surface area contributed by atoms with Gasteiger partial charge in [-0.15, -0.1) is 0 Å². The molecule has 0 bridgehead atoms. The van der Waals surface area contributed by atoms with E-state index < -0.39 is 9.84 Å². The molecule has 4 heteroatoms. The zero-order valence-corrected chi connectivity index (χ0v) is 11.1. The molecule has 16 heavy (non-hydrogen) atoms. The molecule has 1 rings (SSSR count). The number of nitrogens with one attached hydrogen (secondary N) is 1. The predicted molar refractivity (Wildman–Crippen MR) is 68.3 cm³/mol. The molecular weight excluding hydrogens is 222 g/mol. The summed E-state index contributed by atoms with van der Waals surface area (Å²) in [6.07, 6.45) is 10.5. The molecule has 3 nitrogen and oxygen atoms in total. The Labute approximate surface area is 99.2 Å². The quantitative estimate of drug-likeness (QED) is 0.594. The summed E-state index contributed by atoms with van der Waals surface area (Å²) in [5, 5.41) is 3.21. The minimum Gasteiger partial charge on any atom is -0.312 e. The van der Waals surface area contributed by atoms with Crippen LogP contribution < -0.4 is 5.32 Å². The first-order chi connectivity index (χ1) is 7.55. The molecule has 2 unspecified atom stereocenters. The highest BCUT2D eigenvalue weighted by Gasteiger charge is 2.31. The molecule has 0 amide bonds. The van der Waals surface area contributed by atoms with Crippen molar-refractivity contribution in [3.05, 3.63) is 12.2 Å². The van der Waals surface area contributed by atoms with Crippen LogP contribution in [0.2, 0.25) is 0 Å². The van der Waals surface area contributed by atoms with E-state index in [-0.39, 0.29) is 11.3 Å². The normalized spacial score (nSPS) is 27.4. The summed E-state index contributed by atoms with van der Waals surface area (Å²) in [6.45, 7) is 2.88. The Bertz CT molecular complexity index is 322. The average Bonchev–Trinajstić information content (AvgIpc) is 2.24. The summed E-state index contributed by atoms with van der Waals surface area (Å²) in [5.74, 6) is 0. The monoisotopic (exact) mass is 245 g/mol. The van der Waals surface area contributed by atoms with E-state index in [4.69, 9.17) is 0 Å². The van der Waals surface area contributed by atoms with E-state index >= 15 is 0 Å². The van der Waals surface area contributed by atoms with Crippen LogP contribution >= 0.6 is 0 Å². The van der Waals surface area contributed by atoms with Gasteiger partial charge in [-0.1, -0.05) is 25.0 Å². The van der Waals surface area contributed by atoms with E-state index in [2.05, 4.69) is 11.4 Å². The SMILES string of the molecule is C/C=C/CCNC1CCCCC1S(C)(=O)=O. The highest BCUT2D eigenvalue weighted by atomic mass is 32.2. The fraction of sp³-hybridized carbons (Fsp3) is 0.833. The maximum absolute atomic E-state index is 11.6. The Morgan fingerprint density at radius 2 is 2.00 bits per heavy atom. The largest absolute Gasteiger partial charge is 0.312 e. The number of rotatable bonds is 5. The van der Waals surface area contributed by atoms with Crippen LogP contribution in [0, 0.1) is 0 Å². The van der Waals surface area contributed by atoms with E-state index in [0.717, 1.165) is 38.6 Å². The van der Waals surface area contributed by atoms with Gasteiger partial charge in [-0.25, -0.2) is 8.42 Å². The number of hydrogen-bond donors (Lipinski definition) is 1. The van der Waals surface area contributed by atoms with Crippen LogP contribution in [0.5, 0.6) is 0 Å². The first-order valence-corrected chi connectivity index (χ1v) is 8.04. The highest BCUT2D eigenvalue weighted by molar-refractivity contribution is 7.91. The zero-order valence-electron chi connectivity index (χ0n) is 10.3. The Hall–Kier alpha value is -0.350. The van der Waals surface area contributed by atoms with Gasteiger partial charge in [0.25, 0.3) is 0 Å². The summed E-state index contributed by atoms with van der Waals surface area (Å²) in [5.41, 5.74) is 0. The van der Waals surface area contributed by atoms with Crippen molar-refractivity contribution in [1.29, 1.82) is 0 Å². The standard InChI is InChI=1S/C12H23NO2S/c1-3-4-7-10-13-11-8-5-6-9-12(11)16(2,14)15/h3-4,11-13H,5-10H2,1-2H3/b4-3+. The molecule has 0 spiro atoms. The van der Waals surface area contributed by atoms with Gasteiger partial charge in [0.15, 0.2) is 9.84 Å². The summed E-state index contributed by atoms with van der Waals surface area (Å²) in [7, 11) is -2.90. The van der Waals surface area contributed by atoms with Gasteiger partial charge in [0.05, 0.1) is 5.25 Å². The van der Waals surface area contributed by atoms with Crippen LogP contribution in [-0.4, -0.2) is 32.5 Å². The van der Waals surface area contributed by atoms with Crippen molar-refractivity contribution >= 4 is 9.84 Å². The van der Waals surface area contributed by atoms with E-state index in [1.807, 2.05) is 13.0 Å². The second-order valence-electron chi connectivity index (χ2n) is 4.57. The summed E-state index contributed by atoms with van der Waals surface area (Å²) < 4.78 is 23.3. The minimum absolute atomic E-state index is 0.161. The number of allylic oxidation sites excluding steroid dienone is 1. The average molecular weight is 245 g/mol. The maximum Gasteiger partial charge on any atom is 0.151 e. The lowest BCUT2D eigenvalue weighted by Crippen LogP contribution is -2.46. The topological polar surface area (TPSA) is 46.2 Å². The second-order valence-corrected chi connectivity index (χ2v) is 6.84. The zero-order chi connectivity index (χ0) is 12.0. The van der Waals surface area contributed by atoms with Crippen LogP contribution in [0.25, 0.3) is 0 Å². The first-order valence-electron chi connectivity index (χ1n) is 6.09. The molecule has 1 saturated carbocycles. The van der Waals surface area contributed by atoms with E-state index in [1.54, 1.807) is 0 Å². The summed E-state index contributed by atoms with van der Waals surface area (Å²) >= 11 is 0. The molecule has 2 atom stereocenters. The van der Waals surface area contributed by atoms with Crippen LogP contribution in [0.4, 0.5) is 0 Å². The molecule has 1 aliphatic rings. The Morgan fingerprint density at radius 3 is 2.62 bits per heavy atom. The smallest absolute Gasteiger partial charge is 0.151 e. The highest BCUT2D eigenvalue weighted by Crippen LogP contribution is 2.23. The van der Waals surface area contributed by atoms with Gasteiger partial charge in [-0.2, -0.15) is 0 Å². The van der Waals surface area contributed by atoms with Gasteiger partial charge in [-0.05, 0) is 32.7 Å². The van der Waals surface area contributed by atoms with Crippen LogP contribution in [0.1, 0.15) is 39.0 Å². The summed E-state index contributed by atoms with van der Waals surface area (Å²) in [6, 6.07) is 0.161. The molecule has 0 radical (unpaired) electrons. The lowest BCUT2D eigenvalue weighted by Gasteiger charge is -2.30. The van der Waals surface area contributed by atoms with Gasteiger partial charge in [0.1, 0.15) is 0 Å². The molecule has 0 aromatic heterocycles. The van der Waals surface area contributed by atoms with Crippen molar-refractivity contribution in [3.63, 3.8) is 0 Å². The molecule has 0 aliphatic heterocycles. The van der Waals surface area contributed by atoms with E-state index in [9.17, 15) is 8.42 Å². The minimum atomic E-state index is -2.90. The Morgan fingerprint density at radius 1 is 1.31 bits per heavy atom. The molecule has 1 fully saturated rings. The third-order valence-electron chi connectivity index (χ3n) is 3.21. The van der Waals surface area contributed by atoms with Crippen molar-refractivity contribution < 1.29 is 8.42 Å². The third kappa shape index (κ3) is 4.26. The lowest BCUT2D eigenvalue weighted by molar-refractivity contribution is 0.374. The molecule has 94 valence electrons. The lowest BCUT2D eigenvalue weighted by atomic mass is 9.95. The fourth-order valence-corrected chi connectivity index (χ4v) is 3.79. The summed E-state index contributed by atoms with van der Waals surface area (Å²) in [4.78, 5) is 0. The second kappa shape index (κ2) is 6.40. The molecule has 0 aromatic rings. The van der Waals surface area contributed by atoms with Crippen LogP contribution in [0.3, 0.4) is 0 Å². The molecular formula is C12H23NO2S. The molecule has 1 N–H and O–H groups in total. The maximum atomic E-state index is 11.6. The van der Waals surface area contributed by atoms with Gasteiger partial charge < -0.3 is 5.32 Å².